The van der Waals surface area contributed by atoms with Crippen molar-refractivity contribution in [2.75, 3.05) is 25.1 Å². The van der Waals surface area contributed by atoms with Crippen molar-refractivity contribution in [2.45, 2.75) is 19.3 Å². The number of hydrogen-bond acceptors (Lipinski definition) is 5. The van der Waals surface area contributed by atoms with Crippen LogP contribution < -0.4 is 20.1 Å². The molecule has 27 heavy (non-hydrogen) atoms. The third kappa shape index (κ3) is 4.36. The van der Waals surface area contributed by atoms with E-state index in [1.807, 2.05) is 12.1 Å². The summed E-state index contributed by atoms with van der Waals surface area (Å²) in [6.45, 7) is 1.46. The van der Waals surface area contributed by atoms with E-state index in [9.17, 15) is 9.59 Å². The minimum absolute atomic E-state index is 0.0410. The van der Waals surface area contributed by atoms with Gasteiger partial charge in [-0.25, -0.2) is 0 Å². The summed E-state index contributed by atoms with van der Waals surface area (Å²) < 4.78 is 11.1. The van der Waals surface area contributed by atoms with Crippen LogP contribution in [0.1, 0.15) is 28.1 Å². The fourth-order valence-corrected chi connectivity index (χ4v) is 3.93. The standard InChI is InChI=1S/C19H19ClN2O4S/c20-13-9-11(10-14-17(13)26-8-7-25-14)5-6-21-19(24)15-3-4-16(27-15)22-18(23)12-1-2-12/h3-4,9-10,12H,1-2,5-8H2,(H,21,24)(H,22,23). The third-order valence-corrected chi connectivity index (χ3v) is 5.66. The first kappa shape index (κ1) is 18.1. The van der Waals surface area contributed by atoms with Gasteiger partial charge in [-0.2, -0.15) is 0 Å². The van der Waals surface area contributed by atoms with Gasteiger partial charge in [0.2, 0.25) is 5.91 Å². The van der Waals surface area contributed by atoms with Crippen LogP contribution in [-0.4, -0.2) is 31.6 Å². The van der Waals surface area contributed by atoms with Gasteiger partial charge in [-0.3, -0.25) is 9.59 Å². The number of halogens is 1. The maximum absolute atomic E-state index is 12.3. The summed E-state index contributed by atoms with van der Waals surface area (Å²) in [5.41, 5.74) is 0.966. The van der Waals surface area contributed by atoms with E-state index in [4.69, 9.17) is 21.1 Å². The minimum atomic E-state index is -0.157. The Balaban J connectivity index is 1.30. The van der Waals surface area contributed by atoms with E-state index in [1.165, 1.54) is 11.3 Å². The van der Waals surface area contributed by atoms with Crippen LogP contribution in [0.2, 0.25) is 5.02 Å². The molecule has 1 aromatic heterocycles. The molecular weight excluding hydrogens is 388 g/mol. The lowest BCUT2D eigenvalue weighted by atomic mass is 10.1. The third-order valence-electron chi connectivity index (χ3n) is 4.38. The summed E-state index contributed by atoms with van der Waals surface area (Å²) >= 11 is 7.51. The van der Waals surface area contributed by atoms with Crippen LogP contribution in [0.4, 0.5) is 5.00 Å². The van der Waals surface area contributed by atoms with Gasteiger partial charge in [0, 0.05) is 12.5 Å². The van der Waals surface area contributed by atoms with Gasteiger partial charge >= 0.3 is 0 Å². The van der Waals surface area contributed by atoms with Crippen LogP contribution >= 0.6 is 22.9 Å². The van der Waals surface area contributed by atoms with Gasteiger partial charge < -0.3 is 20.1 Å². The first-order valence-corrected chi connectivity index (χ1v) is 10.1. The molecule has 1 aliphatic carbocycles. The molecule has 0 unspecified atom stereocenters. The first-order valence-electron chi connectivity index (χ1n) is 8.87. The second-order valence-electron chi connectivity index (χ2n) is 6.54. The Morgan fingerprint density at radius 3 is 2.81 bits per heavy atom. The van der Waals surface area contributed by atoms with Crippen molar-refractivity contribution in [2.24, 2.45) is 5.92 Å². The summed E-state index contributed by atoms with van der Waals surface area (Å²) in [7, 11) is 0. The number of amides is 2. The quantitative estimate of drug-likeness (QED) is 0.769. The lowest BCUT2D eigenvalue weighted by molar-refractivity contribution is -0.117. The van der Waals surface area contributed by atoms with E-state index in [-0.39, 0.29) is 17.7 Å². The molecule has 0 spiro atoms. The summed E-state index contributed by atoms with van der Waals surface area (Å²) in [5, 5.41) is 6.97. The highest BCUT2D eigenvalue weighted by Crippen LogP contribution is 2.38. The highest BCUT2D eigenvalue weighted by molar-refractivity contribution is 7.18. The number of fused-ring (bicyclic) bond motifs is 1. The van der Waals surface area contributed by atoms with E-state index >= 15 is 0 Å². The second-order valence-corrected chi connectivity index (χ2v) is 8.03. The van der Waals surface area contributed by atoms with E-state index < -0.39 is 0 Å². The summed E-state index contributed by atoms with van der Waals surface area (Å²) in [6.07, 6.45) is 2.53. The SMILES string of the molecule is O=C(NCCc1cc(Cl)c2c(c1)OCCO2)c1ccc(NC(=O)C2CC2)s1. The van der Waals surface area contributed by atoms with Crippen molar-refractivity contribution in [3.8, 4) is 11.5 Å². The molecule has 1 saturated carbocycles. The molecule has 1 aliphatic heterocycles. The van der Waals surface area contributed by atoms with Crippen molar-refractivity contribution in [3.63, 3.8) is 0 Å². The van der Waals surface area contributed by atoms with Gasteiger partial charge in [0.1, 0.15) is 13.2 Å². The van der Waals surface area contributed by atoms with Crippen LogP contribution in [0.5, 0.6) is 11.5 Å². The molecule has 8 heteroatoms. The van der Waals surface area contributed by atoms with Crippen molar-refractivity contribution in [1.82, 2.24) is 5.32 Å². The van der Waals surface area contributed by atoms with Crippen molar-refractivity contribution < 1.29 is 19.1 Å². The number of hydrogen-bond donors (Lipinski definition) is 2. The Morgan fingerprint density at radius 1 is 1.19 bits per heavy atom. The Morgan fingerprint density at radius 2 is 2.00 bits per heavy atom. The molecule has 0 radical (unpaired) electrons. The molecule has 1 aromatic carbocycles. The number of carbonyl (C=O) groups is 2. The van der Waals surface area contributed by atoms with Gasteiger partial charge in [0.15, 0.2) is 11.5 Å². The maximum Gasteiger partial charge on any atom is 0.261 e. The zero-order valence-corrected chi connectivity index (χ0v) is 16.1. The van der Waals surface area contributed by atoms with Gasteiger partial charge in [-0.15, -0.1) is 11.3 Å². The van der Waals surface area contributed by atoms with Gasteiger partial charge in [-0.05, 0) is 49.1 Å². The van der Waals surface area contributed by atoms with E-state index in [0.717, 1.165) is 18.4 Å². The first-order chi connectivity index (χ1) is 13.1. The average molecular weight is 407 g/mol. The molecule has 2 heterocycles. The summed E-state index contributed by atoms with van der Waals surface area (Å²) in [6, 6.07) is 7.21. The Kier molecular flexibility index (Phi) is 5.22. The Hall–Kier alpha value is -2.25. The number of nitrogens with one attached hydrogen (secondary N) is 2. The maximum atomic E-state index is 12.3. The second kappa shape index (κ2) is 7.78. The zero-order valence-electron chi connectivity index (χ0n) is 14.5. The predicted molar refractivity (Wildman–Crippen MR) is 104 cm³/mol. The predicted octanol–water partition coefficient (Wildman–Crippen LogP) is 3.49. The number of rotatable bonds is 6. The molecule has 4 rings (SSSR count). The summed E-state index contributed by atoms with van der Waals surface area (Å²) in [5.74, 6) is 1.25. The lowest BCUT2D eigenvalue weighted by Crippen LogP contribution is -2.25. The molecular formula is C19H19ClN2O4S. The van der Waals surface area contributed by atoms with Crippen LogP contribution in [0.3, 0.4) is 0 Å². The molecule has 2 aliphatic rings. The molecule has 0 saturated heterocycles. The van der Waals surface area contributed by atoms with E-state index in [0.29, 0.717) is 52.6 Å². The largest absolute Gasteiger partial charge is 0.486 e. The molecule has 2 N–H and O–H groups in total. The van der Waals surface area contributed by atoms with E-state index in [2.05, 4.69) is 10.6 Å². The number of ether oxygens (including phenoxy) is 2. The number of anilines is 1. The number of thiophene rings is 1. The van der Waals surface area contributed by atoms with Gasteiger partial charge in [-0.1, -0.05) is 11.6 Å². The Labute approximate surface area is 165 Å². The van der Waals surface area contributed by atoms with Crippen LogP contribution in [0.25, 0.3) is 0 Å². The van der Waals surface area contributed by atoms with Crippen LogP contribution in [-0.2, 0) is 11.2 Å². The molecule has 142 valence electrons. The van der Waals surface area contributed by atoms with Gasteiger partial charge in [0.05, 0.1) is 14.9 Å². The van der Waals surface area contributed by atoms with E-state index in [1.54, 1.807) is 12.1 Å². The fraction of sp³-hybridized carbons (Fsp3) is 0.368. The van der Waals surface area contributed by atoms with Crippen molar-refractivity contribution >= 4 is 39.8 Å². The minimum Gasteiger partial charge on any atom is -0.486 e. The fourth-order valence-electron chi connectivity index (χ4n) is 2.81. The molecule has 0 bridgehead atoms. The highest BCUT2D eigenvalue weighted by Gasteiger charge is 2.29. The Bertz CT molecular complexity index is 879. The number of carbonyl (C=O) groups excluding carboxylic acids is 2. The lowest BCUT2D eigenvalue weighted by Gasteiger charge is -2.20. The molecule has 0 atom stereocenters. The van der Waals surface area contributed by atoms with Crippen molar-refractivity contribution in [3.05, 3.63) is 39.7 Å². The van der Waals surface area contributed by atoms with Gasteiger partial charge in [0.25, 0.3) is 5.91 Å². The van der Waals surface area contributed by atoms with Crippen molar-refractivity contribution in [1.29, 1.82) is 0 Å². The average Bonchev–Trinajstić information content (AvgIpc) is 3.41. The zero-order chi connectivity index (χ0) is 18.8. The summed E-state index contributed by atoms with van der Waals surface area (Å²) in [4.78, 5) is 24.6. The highest BCUT2D eigenvalue weighted by atomic mass is 35.5. The number of benzene rings is 1. The van der Waals surface area contributed by atoms with Crippen LogP contribution in [0, 0.1) is 5.92 Å². The normalized spacial score (nSPS) is 15.3. The molecule has 6 nitrogen and oxygen atoms in total. The molecule has 1 fully saturated rings. The topological polar surface area (TPSA) is 76.7 Å². The molecule has 2 amide bonds. The van der Waals surface area contributed by atoms with Crippen LogP contribution in [0.15, 0.2) is 24.3 Å². The molecule has 2 aromatic rings. The monoisotopic (exact) mass is 406 g/mol. The smallest absolute Gasteiger partial charge is 0.261 e.